The summed E-state index contributed by atoms with van der Waals surface area (Å²) in [4.78, 5) is 7.86. The van der Waals surface area contributed by atoms with Crippen molar-refractivity contribution in [2.75, 3.05) is 13.2 Å². The van der Waals surface area contributed by atoms with Gasteiger partial charge in [-0.2, -0.15) is 0 Å². The predicted molar refractivity (Wildman–Crippen MR) is 78.0 cm³/mol. The van der Waals surface area contributed by atoms with Crippen LogP contribution in [0, 0.1) is 0 Å². The van der Waals surface area contributed by atoms with E-state index in [9.17, 15) is 5.11 Å². The molecule has 0 saturated heterocycles. The largest absolute Gasteiger partial charge is 0.508 e. The van der Waals surface area contributed by atoms with E-state index in [0.717, 1.165) is 33.9 Å². The summed E-state index contributed by atoms with van der Waals surface area (Å²) in [5.41, 5.74) is 2.79. The van der Waals surface area contributed by atoms with Crippen molar-refractivity contribution in [3.63, 3.8) is 0 Å². The van der Waals surface area contributed by atoms with Crippen molar-refractivity contribution in [2.24, 2.45) is 0 Å². The molecule has 21 heavy (non-hydrogen) atoms. The number of rotatable bonds is 2. The number of nitrogens with one attached hydrogen (secondary N) is 1. The molecule has 5 heteroatoms. The van der Waals surface area contributed by atoms with Gasteiger partial charge in [-0.05, 0) is 17.7 Å². The highest BCUT2D eigenvalue weighted by Crippen LogP contribution is 2.33. The molecule has 0 atom stereocenters. The molecule has 2 heterocycles. The van der Waals surface area contributed by atoms with Gasteiger partial charge in [-0.25, -0.2) is 4.98 Å². The van der Waals surface area contributed by atoms with Crippen molar-refractivity contribution < 1.29 is 14.6 Å². The summed E-state index contributed by atoms with van der Waals surface area (Å²) in [5, 5.41) is 9.51. The number of phenolic OH excluding ortho intramolecular Hbond substituents is 1. The van der Waals surface area contributed by atoms with E-state index in [2.05, 4.69) is 9.97 Å². The van der Waals surface area contributed by atoms with Crippen molar-refractivity contribution in [2.45, 2.75) is 6.42 Å². The van der Waals surface area contributed by atoms with Gasteiger partial charge >= 0.3 is 0 Å². The summed E-state index contributed by atoms with van der Waals surface area (Å²) in [5.74, 6) is 2.60. The fourth-order valence-corrected chi connectivity index (χ4v) is 2.54. The van der Waals surface area contributed by atoms with Gasteiger partial charge in [0.05, 0.1) is 11.0 Å². The van der Waals surface area contributed by atoms with Crippen LogP contribution < -0.4 is 9.47 Å². The molecule has 0 amide bonds. The Balaban J connectivity index is 1.70. The molecule has 2 N–H and O–H groups in total. The van der Waals surface area contributed by atoms with E-state index in [1.54, 1.807) is 12.1 Å². The normalized spacial score (nSPS) is 13.5. The molecule has 0 bridgehead atoms. The van der Waals surface area contributed by atoms with Gasteiger partial charge in [0.25, 0.3) is 0 Å². The summed E-state index contributed by atoms with van der Waals surface area (Å²) in [6, 6.07) is 11.0. The zero-order valence-electron chi connectivity index (χ0n) is 11.3. The number of nitrogens with zero attached hydrogens (tertiary/aromatic N) is 1. The molecule has 0 unspecified atom stereocenters. The molecule has 0 saturated carbocycles. The second kappa shape index (κ2) is 4.70. The molecule has 1 aromatic heterocycles. The lowest BCUT2D eigenvalue weighted by atomic mass is 10.1. The summed E-state index contributed by atoms with van der Waals surface area (Å²) < 4.78 is 11.1. The first-order valence-corrected chi connectivity index (χ1v) is 6.84. The minimum absolute atomic E-state index is 0.265. The van der Waals surface area contributed by atoms with Crippen LogP contribution in [0.1, 0.15) is 11.4 Å². The lowest BCUT2D eigenvalue weighted by molar-refractivity contribution is 0.172. The Kier molecular flexibility index (Phi) is 2.70. The lowest BCUT2D eigenvalue weighted by Gasteiger charge is -2.17. The Hall–Kier alpha value is -2.69. The maximum atomic E-state index is 9.51. The third-order valence-corrected chi connectivity index (χ3v) is 3.48. The molecule has 3 aromatic rings. The molecule has 1 aliphatic heterocycles. The molecule has 2 aromatic carbocycles. The average molecular weight is 282 g/mol. The summed E-state index contributed by atoms with van der Waals surface area (Å²) in [6.07, 6.45) is 0.634. The SMILES string of the molecule is Oc1cccc(Cc2nc3cc4c(cc3[nH]2)OCCO4)c1. The Labute approximate surface area is 121 Å². The van der Waals surface area contributed by atoms with Gasteiger partial charge in [-0.1, -0.05) is 12.1 Å². The van der Waals surface area contributed by atoms with Crippen LogP contribution in [0.2, 0.25) is 0 Å². The highest BCUT2D eigenvalue weighted by molar-refractivity contribution is 5.80. The van der Waals surface area contributed by atoms with E-state index >= 15 is 0 Å². The molecule has 0 radical (unpaired) electrons. The highest BCUT2D eigenvalue weighted by Gasteiger charge is 2.14. The van der Waals surface area contributed by atoms with Crippen LogP contribution in [0.5, 0.6) is 17.2 Å². The number of hydrogen-bond donors (Lipinski definition) is 2. The van der Waals surface area contributed by atoms with Gasteiger partial charge in [0.15, 0.2) is 11.5 Å². The Morgan fingerprint density at radius 2 is 1.90 bits per heavy atom. The number of benzene rings is 2. The minimum Gasteiger partial charge on any atom is -0.508 e. The quantitative estimate of drug-likeness (QED) is 0.758. The summed E-state index contributed by atoms with van der Waals surface area (Å²) >= 11 is 0. The van der Waals surface area contributed by atoms with Crippen LogP contribution in [-0.2, 0) is 6.42 Å². The third-order valence-electron chi connectivity index (χ3n) is 3.48. The minimum atomic E-state index is 0.265. The Morgan fingerprint density at radius 1 is 1.10 bits per heavy atom. The standard InChI is InChI=1S/C16H14N2O3/c19-11-3-1-2-10(6-11)7-16-17-12-8-14-15(9-13(12)18-16)21-5-4-20-14/h1-3,6,8-9,19H,4-5,7H2,(H,17,18). The number of imidazole rings is 1. The zero-order valence-corrected chi connectivity index (χ0v) is 11.3. The first-order valence-electron chi connectivity index (χ1n) is 6.84. The summed E-state index contributed by atoms with van der Waals surface area (Å²) in [6.45, 7) is 1.14. The number of H-pyrrole nitrogens is 1. The molecule has 5 nitrogen and oxygen atoms in total. The first kappa shape index (κ1) is 12.1. The maximum absolute atomic E-state index is 9.51. The van der Waals surface area contributed by atoms with Crippen molar-refractivity contribution >= 4 is 11.0 Å². The number of aromatic nitrogens is 2. The van der Waals surface area contributed by atoms with E-state index in [1.165, 1.54) is 0 Å². The van der Waals surface area contributed by atoms with Crippen molar-refractivity contribution in [3.8, 4) is 17.2 Å². The molecule has 4 rings (SSSR count). The van der Waals surface area contributed by atoms with Crippen LogP contribution in [0.3, 0.4) is 0 Å². The topological polar surface area (TPSA) is 67.4 Å². The predicted octanol–water partition coefficient (Wildman–Crippen LogP) is 2.63. The highest BCUT2D eigenvalue weighted by atomic mass is 16.6. The first-order chi connectivity index (χ1) is 10.3. The molecule has 0 fully saturated rings. The van der Waals surface area contributed by atoms with Crippen molar-refractivity contribution in [3.05, 3.63) is 47.8 Å². The van der Waals surface area contributed by atoms with Crippen LogP contribution in [0.15, 0.2) is 36.4 Å². The molecule has 106 valence electrons. The Bertz CT molecular complexity index is 767. The molecular weight excluding hydrogens is 268 g/mol. The van der Waals surface area contributed by atoms with Gasteiger partial charge < -0.3 is 19.6 Å². The maximum Gasteiger partial charge on any atom is 0.163 e. The number of aromatic amines is 1. The zero-order chi connectivity index (χ0) is 14.2. The number of ether oxygens (including phenoxy) is 2. The fourth-order valence-electron chi connectivity index (χ4n) is 2.54. The molecular formula is C16H14N2O3. The number of fused-ring (bicyclic) bond motifs is 2. The molecule has 0 aliphatic carbocycles. The van der Waals surface area contributed by atoms with E-state index < -0.39 is 0 Å². The van der Waals surface area contributed by atoms with Crippen LogP contribution in [0.25, 0.3) is 11.0 Å². The fraction of sp³-hybridized carbons (Fsp3) is 0.188. The van der Waals surface area contributed by atoms with Crippen LogP contribution in [-0.4, -0.2) is 28.3 Å². The second-order valence-electron chi connectivity index (χ2n) is 5.04. The number of aromatic hydroxyl groups is 1. The van der Waals surface area contributed by atoms with Gasteiger partial charge in [0, 0.05) is 18.6 Å². The Morgan fingerprint density at radius 3 is 2.71 bits per heavy atom. The van der Waals surface area contributed by atoms with Crippen molar-refractivity contribution in [1.29, 1.82) is 0 Å². The lowest BCUT2D eigenvalue weighted by Crippen LogP contribution is -2.15. The van der Waals surface area contributed by atoms with Gasteiger partial charge in [-0.3, -0.25) is 0 Å². The second-order valence-corrected chi connectivity index (χ2v) is 5.04. The number of hydrogen-bond acceptors (Lipinski definition) is 4. The summed E-state index contributed by atoms with van der Waals surface area (Å²) in [7, 11) is 0. The van der Waals surface area contributed by atoms with E-state index in [1.807, 2.05) is 24.3 Å². The van der Waals surface area contributed by atoms with E-state index in [4.69, 9.17) is 9.47 Å². The van der Waals surface area contributed by atoms with Crippen LogP contribution in [0.4, 0.5) is 0 Å². The monoisotopic (exact) mass is 282 g/mol. The van der Waals surface area contributed by atoms with Crippen molar-refractivity contribution in [1.82, 2.24) is 9.97 Å². The molecule has 0 spiro atoms. The average Bonchev–Trinajstić information content (AvgIpc) is 2.85. The van der Waals surface area contributed by atoms with Crippen LogP contribution >= 0.6 is 0 Å². The smallest absolute Gasteiger partial charge is 0.163 e. The van der Waals surface area contributed by atoms with Gasteiger partial charge in [0.2, 0.25) is 0 Å². The third kappa shape index (κ3) is 2.27. The molecule has 1 aliphatic rings. The number of phenols is 1. The van der Waals surface area contributed by atoms with Gasteiger partial charge in [-0.15, -0.1) is 0 Å². The van der Waals surface area contributed by atoms with E-state index in [-0.39, 0.29) is 5.75 Å². The van der Waals surface area contributed by atoms with Gasteiger partial charge in [0.1, 0.15) is 24.8 Å². The van der Waals surface area contributed by atoms with E-state index in [0.29, 0.717) is 19.6 Å².